The summed E-state index contributed by atoms with van der Waals surface area (Å²) in [5, 5.41) is 5.51. The minimum Gasteiger partial charge on any atom is -0.351 e. The highest BCUT2D eigenvalue weighted by Gasteiger charge is 2.11. The van der Waals surface area contributed by atoms with Gasteiger partial charge >= 0.3 is 6.03 Å². The second-order valence-corrected chi connectivity index (χ2v) is 5.47. The lowest BCUT2D eigenvalue weighted by atomic mass is 10.2. The van der Waals surface area contributed by atoms with E-state index >= 15 is 0 Å². The fourth-order valence-electron chi connectivity index (χ4n) is 1.65. The number of urea groups is 1. The molecule has 2 aromatic carbocycles. The number of primary amides is 1. The van der Waals surface area contributed by atoms with E-state index in [0.717, 1.165) is 4.47 Å². The summed E-state index contributed by atoms with van der Waals surface area (Å²) in [6, 6.07) is 10.9. The molecule has 0 fully saturated rings. The Balaban J connectivity index is 2.12. The highest BCUT2D eigenvalue weighted by molar-refractivity contribution is 9.10. The first kappa shape index (κ1) is 15.3. The number of nitrogens with one attached hydrogen (secondary N) is 2. The van der Waals surface area contributed by atoms with Gasteiger partial charge in [0.2, 0.25) is 0 Å². The Morgan fingerprint density at radius 2 is 1.57 bits per heavy atom. The maximum atomic E-state index is 12.1. The van der Waals surface area contributed by atoms with Gasteiger partial charge in [-0.15, -0.1) is 0 Å². The molecule has 3 amide bonds. The van der Waals surface area contributed by atoms with Crippen molar-refractivity contribution in [3.8, 4) is 0 Å². The van der Waals surface area contributed by atoms with E-state index in [1.807, 2.05) is 0 Å². The zero-order valence-corrected chi connectivity index (χ0v) is 13.0. The van der Waals surface area contributed by atoms with E-state index in [-0.39, 0.29) is 5.91 Å². The molecule has 0 spiro atoms. The minimum absolute atomic E-state index is 0.322. The second-order valence-electron chi connectivity index (χ2n) is 4.14. The molecular weight excluding hydrogens is 358 g/mol. The van der Waals surface area contributed by atoms with Crippen molar-refractivity contribution in [3.63, 3.8) is 0 Å². The van der Waals surface area contributed by atoms with Crippen molar-refractivity contribution in [2.75, 3.05) is 10.6 Å². The molecular formula is C14H11BrClN3O2. The molecule has 0 aromatic heterocycles. The smallest absolute Gasteiger partial charge is 0.316 e. The van der Waals surface area contributed by atoms with Crippen molar-refractivity contribution in [1.82, 2.24) is 0 Å². The monoisotopic (exact) mass is 367 g/mol. The van der Waals surface area contributed by atoms with Crippen molar-refractivity contribution >= 4 is 50.8 Å². The molecule has 108 valence electrons. The van der Waals surface area contributed by atoms with Gasteiger partial charge in [0, 0.05) is 15.8 Å². The fourth-order valence-corrected chi connectivity index (χ4v) is 2.21. The fraction of sp³-hybridized carbons (Fsp3) is 0. The zero-order chi connectivity index (χ0) is 15.4. The van der Waals surface area contributed by atoms with E-state index in [1.54, 1.807) is 42.5 Å². The number of anilines is 2. The lowest BCUT2D eigenvalue weighted by molar-refractivity contribution is 0.102. The first-order valence-electron chi connectivity index (χ1n) is 5.88. The Hall–Kier alpha value is -2.05. The van der Waals surface area contributed by atoms with Gasteiger partial charge in [-0.25, -0.2) is 4.79 Å². The summed E-state index contributed by atoms with van der Waals surface area (Å²) in [6.07, 6.45) is 0. The summed E-state index contributed by atoms with van der Waals surface area (Å²) in [7, 11) is 0. The van der Waals surface area contributed by atoms with Crippen LogP contribution in [0.2, 0.25) is 5.02 Å². The molecule has 0 aliphatic heterocycles. The molecule has 0 saturated carbocycles. The molecule has 4 N–H and O–H groups in total. The molecule has 0 radical (unpaired) electrons. The number of halogens is 2. The van der Waals surface area contributed by atoms with Crippen LogP contribution in [-0.4, -0.2) is 11.9 Å². The molecule has 7 heteroatoms. The summed E-state index contributed by atoms with van der Waals surface area (Å²) in [5.41, 5.74) is 6.49. The summed E-state index contributed by atoms with van der Waals surface area (Å²) < 4.78 is 0.762. The molecule has 0 aliphatic rings. The molecule has 2 rings (SSSR count). The third-order valence-electron chi connectivity index (χ3n) is 2.58. The van der Waals surface area contributed by atoms with Crippen LogP contribution in [0.15, 0.2) is 46.9 Å². The topological polar surface area (TPSA) is 84.2 Å². The van der Waals surface area contributed by atoms with Crippen molar-refractivity contribution in [3.05, 3.63) is 57.5 Å². The summed E-state index contributed by atoms with van der Waals surface area (Å²) in [5.74, 6) is -0.322. The number of hydrogen-bond acceptors (Lipinski definition) is 2. The second kappa shape index (κ2) is 6.60. The Kier molecular flexibility index (Phi) is 4.82. The quantitative estimate of drug-likeness (QED) is 0.769. The van der Waals surface area contributed by atoms with E-state index < -0.39 is 6.03 Å². The predicted molar refractivity (Wildman–Crippen MR) is 86.8 cm³/mol. The number of carbonyl (C=O) groups is 2. The van der Waals surface area contributed by atoms with Gasteiger partial charge in [0.1, 0.15) is 0 Å². The van der Waals surface area contributed by atoms with Gasteiger partial charge in [-0.3, -0.25) is 4.79 Å². The normalized spacial score (nSPS) is 10.0. The third kappa shape index (κ3) is 4.21. The molecule has 0 heterocycles. The SMILES string of the molecule is NC(=O)Nc1ccc(NC(=O)c2cc(Br)ccc2Cl)cc1. The Labute approximate surface area is 134 Å². The van der Waals surface area contributed by atoms with Gasteiger partial charge in [-0.1, -0.05) is 27.5 Å². The van der Waals surface area contributed by atoms with E-state index in [4.69, 9.17) is 17.3 Å². The highest BCUT2D eigenvalue weighted by Crippen LogP contribution is 2.22. The van der Waals surface area contributed by atoms with Gasteiger partial charge in [0.05, 0.1) is 10.6 Å². The molecule has 0 saturated heterocycles. The van der Waals surface area contributed by atoms with Crippen LogP contribution < -0.4 is 16.4 Å². The van der Waals surface area contributed by atoms with Gasteiger partial charge in [0.15, 0.2) is 0 Å². The van der Waals surface area contributed by atoms with Crippen molar-refractivity contribution < 1.29 is 9.59 Å². The predicted octanol–water partition coefficient (Wildman–Crippen LogP) is 3.85. The minimum atomic E-state index is -0.646. The van der Waals surface area contributed by atoms with Crippen LogP contribution in [-0.2, 0) is 0 Å². The third-order valence-corrected chi connectivity index (χ3v) is 3.41. The average molecular weight is 369 g/mol. The van der Waals surface area contributed by atoms with Crippen LogP contribution in [0.3, 0.4) is 0 Å². The van der Waals surface area contributed by atoms with Crippen LogP contribution in [0.1, 0.15) is 10.4 Å². The molecule has 0 atom stereocenters. The molecule has 5 nitrogen and oxygen atoms in total. The van der Waals surface area contributed by atoms with E-state index in [2.05, 4.69) is 26.6 Å². The van der Waals surface area contributed by atoms with Crippen LogP contribution in [0.4, 0.5) is 16.2 Å². The lowest BCUT2D eigenvalue weighted by Gasteiger charge is -2.08. The summed E-state index contributed by atoms with van der Waals surface area (Å²) in [6.45, 7) is 0. The van der Waals surface area contributed by atoms with Crippen molar-refractivity contribution in [2.45, 2.75) is 0 Å². The maximum absolute atomic E-state index is 12.1. The van der Waals surface area contributed by atoms with E-state index in [9.17, 15) is 9.59 Å². The Morgan fingerprint density at radius 1 is 1.00 bits per heavy atom. The van der Waals surface area contributed by atoms with Crippen LogP contribution in [0.25, 0.3) is 0 Å². The Morgan fingerprint density at radius 3 is 2.14 bits per heavy atom. The first-order chi connectivity index (χ1) is 9.95. The average Bonchev–Trinajstić information content (AvgIpc) is 2.43. The Bertz CT molecular complexity index is 689. The molecule has 0 bridgehead atoms. The number of nitrogens with two attached hydrogens (primary N) is 1. The van der Waals surface area contributed by atoms with Crippen LogP contribution in [0, 0.1) is 0 Å². The van der Waals surface area contributed by atoms with Crippen molar-refractivity contribution in [1.29, 1.82) is 0 Å². The van der Waals surface area contributed by atoms with Crippen LogP contribution >= 0.6 is 27.5 Å². The van der Waals surface area contributed by atoms with Gasteiger partial charge in [0.25, 0.3) is 5.91 Å². The zero-order valence-electron chi connectivity index (χ0n) is 10.7. The summed E-state index contributed by atoms with van der Waals surface area (Å²) in [4.78, 5) is 22.9. The number of carbonyl (C=O) groups excluding carboxylic acids is 2. The largest absolute Gasteiger partial charge is 0.351 e. The molecule has 2 aromatic rings. The van der Waals surface area contributed by atoms with Gasteiger partial charge < -0.3 is 16.4 Å². The maximum Gasteiger partial charge on any atom is 0.316 e. The first-order valence-corrected chi connectivity index (χ1v) is 7.06. The van der Waals surface area contributed by atoms with Gasteiger partial charge in [-0.05, 0) is 42.5 Å². The molecule has 21 heavy (non-hydrogen) atoms. The van der Waals surface area contributed by atoms with Gasteiger partial charge in [-0.2, -0.15) is 0 Å². The highest BCUT2D eigenvalue weighted by atomic mass is 79.9. The van der Waals surface area contributed by atoms with Crippen LogP contribution in [0.5, 0.6) is 0 Å². The summed E-state index contributed by atoms with van der Waals surface area (Å²) >= 11 is 9.29. The van der Waals surface area contributed by atoms with E-state index in [1.165, 1.54) is 0 Å². The number of rotatable bonds is 3. The number of amides is 3. The molecule has 0 unspecified atom stereocenters. The molecule has 0 aliphatic carbocycles. The standard InChI is InChI=1S/C14H11BrClN3O2/c15-8-1-6-12(16)11(7-8)13(20)18-9-2-4-10(5-3-9)19-14(17)21/h1-7H,(H,18,20)(H3,17,19,21). The van der Waals surface area contributed by atoms with Crippen molar-refractivity contribution in [2.24, 2.45) is 5.73 Å². The lowest BCUT2D eigenvalue weighted by Crippen LogP contribution is -2.19. The number of benzene rings is 2. The number of hydrogen-bond donors (Lipinski definition) is 3. The van der Waals surface area contributed by atoms with E-state index in [0.29, 0.717) is 22.0 Å².